The number of hydrogen-bond acceptors (Lipinski definition) is 16. The molecule has 28 nitrogen and oxygen atoms in total. The van der Waals surface area contributed by atoms with Crippen molar-refractivity contribution in [3.63, 3.8) is 0 Å². The lowest BCUT2D eigenvalue weighted by molar-refractivity contribution is -0.123. The molecule has 0 radical (unpaired) electrons. The van der Waals surface area contributed by atoms with E-state index in [9.17, 15) is 57.5 Å². The van der Waals surface area contributed by atoms with Crippen molar-refractivity contribution in [3.8, 4) is 0 Å². The van der Waals surface area contributed by atoms with Crippen molar-refractivity contribution in [2.45, 2.75) is 71.3 Å². The summed E-state index contributed by atoms with van der Waals surface area (Å²) in [6, 6.07) is 28.9. The van der Waals surface area contributed by atoms with Crippen LogP contribution in [0.4, 0.5) is 4.79 Å². The maximum Gasteiger partial charge on any atom is 0.407 e. The third-order valence-electron chi connectivity index (χ3n) is 14.3. The van der Waals surface area contributed by atoms with E-state index in [0.29, 0.717) is 23.1 Å². The largest absolute Gasteiger partial charge is 0.444 e. The lowest BCUT2D eigenvalue weighted by Gasteiger charge is -2.26. The molecule has 92 heavy (non-hydrogen) atoms. The predicted molar refractivity (Wildman–Crippen MR) is 335 cm³/mol. The Morgan fingerprint density at radius 2 is 1.02 bits per heavy atom. The van der Waals surface area contributed by atoms with Crippen LogP contribution < -0.4 is 63.8 Å². The fraction of sp³-hybridized carbons (Fsp3) is 0.375. The van der Waals surface area contributed by atoms with Gasteiger partial charge >= 0.3 is 6.09 Å². The minimum absolute atomic E-state index is 0.0156. The van der Waals surface area contributed by atoms with Gasteiger partial charge in [-0.15, -0.1) is 9.46 Å². The van der Waals surface area contributed by atoms with Crippen molar-refractivity contribution in [1.29, 1.82) is 0 Å². The first-order valence-electron chi connectivity index (χ1n) is 29.9. The molecule has 3 aliphatic rings. The second-order valence-electron chi connectivity index (χ2n) is 22.2. The fourth-order valence-electron chi connectivity index (χ4n) is 9.43. The van der Waals surface area contributed by atoms with E-state index in [4.69, 9.17) is 19.1 Å². The smallest absolute Gasteiger partial charge is 0.407 e. The number of carbonyl (C=O) groups is 8. The summed E-state index contributed by atoms with van der Waals surface area (Å²) in [5.41, 5.74) is -3.92. The summed E-state index contributed by atoms with van der Waals surface area (Å²) in [6.07, 6.45) is 0.207. The zero-order valence-corrected chi connectivity index (χ0v) is 51.9. The summed E-state index contributed by atoms with van der Waals surface area (Å²) >= 11 is 0. The Morgan fingerprint density at radius 1 is 0.511 bits per heavy atom. The normalized spacial score (nSPS) is 15.0. The molecule has 3 aliphatic heterocycles. The number of fused-ring (bicyclic) bond motifs is 2. The Bertz CT molecular complexity index is 3860. The van der Waals surface area contributed by atoms with Gasteiger partial charge in [-0.05, 0) is 94.0 Å². The van der Waals surface area contributed by atoms with Crippen LogP contribution in [0.3, 0.4) is 0 Å². The first-order chi connectivity index (χ1) is 44.1. The maximum atomic E-state index is 14.6. The van der Waals surface area contributed by atoms with E-state index >= 15 is 0 Å². The summed E-state index contributed by atoms with van der Waals surface area (Å²) < 4.78 is 14.4. The summed E-state index contributed by atoms with van der Waals surface area (Å²) in [6.45, 7) is 4.20. The topological polar surface area (TPSA) is 340 Å². The molecule has 4 bridgehead atoms. The summed E-state index contributed by atoms with van der Waals surface area (Å²) in [5.74, 6) is -5.58. The van der Waals surface area contributed by atoms with Gasteiger partial charge in [0.15, 0.2) is 0 Å². The molecule has 0 fully saturated rings. The molecule has 0 spiro atoms. The number of benzene rings is 2. The SMILES string of the molecule is Cn1c(C(=O)N2CCCCN(C(=O)c3cccc(=O)n3OCc3ccccc3)CCCNC(=O)c3ccc(n(C)c3=O)C(=O)NCC(C(=O)NCCOCCNC(=O)OC(C)(C)C)NC(=O)c3ccc(c(=O)n3OCc3ccccc3)C(=O)NCCC2)cccc1=O. The number of ether oxygens (including phenoxy) is 2. The van der Waals surface area contributed by atoms with Gasteiger partial charge in [0.25, 0.3) is 57.7 Å². The average molecular weight is 1270 g/mol. The highest BCUT2D eigenvalue weighted by molar-refractivity contribution is 6.00. The van der Waals surface area contributed by atoms with Gasteiger partial charge < -0.3 is 70.0 Å². The number of carbonyl (C=O) groups excluding carboxylic acids is 8. The highest BCUT2D eigenvalue weighted by Crippen LogP contribution is 2.13. The Balaban J connectivity index is 1.18. The third kappa shape index (κ3) is 19.4. The summed E-state index contributed by atoms with van der Waals surface area (Å²) in [5, 5.41) is 15.6. The van der Waals surface area contributed by atoms with Gasteiger partial charge in [-0.2, -0.15) is 0 Å². The lowest BCUT2D eigenvalue weighted by Crippen LogP contribution is -2.54. The molecule has 4 aromatic heterocycles. The van der Waals surface area contributed by atoms with Crippen molar-refractivity contribution in [1.82, 2.24) is 60.3 Å². The number of nitrogens with one attached hydrogen (secondary N) is 6. The van der Waals surface area contributed by atoms with E-state index in [1.807, 2.05) is 6.07 Å². The molecule has 7 heterocycles. The predicted octanol–water partition coefficient (Wildman–Crippen LogP) is 1.17. The van der Waals surface area contributed by atoms with E-state index in [0.717, 1.165) is 33.1 Å². The van der Waals surface area contributed by atoms with Crippen molar-refractivity contribution in [2.75, 3.05) is 72.1 Å². The molecule has 1 unspecified atom stereocenters. The van der Waals surface area contributed by atoms with Gasteiger partial charge in [-0.1, -0.05) is 72.8 Å². The van der Waals surface area contributed by atoms with E-state index in [2.05, 4.69) is 31.9 Å². The highest BCUT2D eigenvalue weighted by atomic mass is 16.7. The molecule has 0 saturated carbocycles. The first kappa shape index (κ1) is 68.8. The molecule has 0 aliphatic carbocycles. The van der Waals surface area contributed by atoms with Gasteiger partial charge in [-0.25, -0.2) is 4.79 Å². The number of aromatic nitrogens is 4. The van der Waals surface area contributed by atoms with Crippen LogP contribution in [0, 0.1) is 0 Å². The van der Waals surface area contributed by atoms with Crippen molar-refractivity contribution in [2.24, 2.45) is 14.1 Å². The van der Waals surface area contributed by atoms with Crippen LogP contribution >= 0.6 is 0 Å². The van der Waals surface area contributed by atoms with Crippen molar-refractivity contribution in [3.05, 3.63) is 208 Å². The molecule has 2 aromatic carbocycles. The summed E-state index contributed by atoms with van der Waals surface area (Å²) in [7, 11) is 2.71. The minimum atomic E-state index is -1.60. The number of rotatable bonds is 15. The third-order valence-corrected chi connectivity index (χ3v) is 14.3. The molecule has 8 amide bonds. The molecule has 1 atom stereocenters. The van der Waals surface area contributed by atoms with E-state index in [1.54, 1.807) is 75.4 Å². The van der Waals surface area contributed by atoms with Crippen LogP contribution in [0.1, 0.15) is 120 Å². The molecule has 6 N–H and O–H groups in total. The quantitative estimate of drug-likeness (QED) is 0.0786. The molecule has 0 saturated heterocycles. The molecule has 488 valence electrons. The standard InChI is InChI=1S/C64H76N12O16/c1-64(2,3)92-63(88)68-33-39-89-38-32-67-56(81)47-40-69-57(82)48-28-26-45(59(84)72(48)5)54(79)65-30-17-37-74(62(87)51-23-15-25-53(78)75(51)90-41-43-18-8-6-9-19-43)35-13-12-34-73(61(86)50-22-14-24-52(77)71(50)4)36-16-31-66-55(80)46-27-29-49(58(83)70-47)76(60(46)85)91-42-44-20-10-7-11-21-44/h6-11,14-15,18-29,47H,12-13,16-17,30-42H2,1-5H3,(H,65,79)(H,66,80)(H,67,81)(H,68,88)(H,69,82)(H,70,83). The van der Waals surface area contributed by atoms with Crippen molar-refractivity contribution < 1.29 is 57.5 Å². The van der Waals surface area contributed by atoms with Crippen LogP contribution in [-0.2, 0) is 41.6 Å². The molecule has 6 aromatic rings. The van der Waals surface area contributed by atoms with Gasteiger partial charge in [0.2, 0.25) is 5.91 Å². The Morgan fingerprint density at radius 3 is 1.61 bits per heavy atom. The zero-order valence-electron chi connectivity index (χ0n) is 51.9. The Hall–Kier alpha value is -10.6. The van der Waals surface area contributed by atoms with Gasteiger partial charge in [0.05, 0.1) is 13.2 Å². The van der Waals surface area contributed by atoms with Crippen LogP contribution in [0.2, 0.25) is 0 Å². The number of alkyl carbamates (subject to hydrolysis) is 1. The van der Waals surface area contributed by atoms with Crippen LogP contribution in [0.25, 0.3) is 0 Å². The number of amides is 8. The molecule has 28 heteroatoms. The molecular weight excluding hydrogens is 1190 g/mol. The number of pyridine rings is 4. The molecule has 9 rings (SSSR count). The van der Waals surface area contributed by atoms with Crippen molar-refractivity contribution >= 4 is 47.4 Å². The number of hydrogen-bond donors (Lipinski definition) is 6. The van der Waals surface area contributed by atoms with Crippen LogP contribution in [0.5, 0.6) is 0 Å². The van der Waals surface area contributed by atoms with E-state index in [1.165, 1.54) is 70.9 Å². The van der Waals surface area contributed by atoms with Gasteiger partial charge in [-0.3, -0.25) is 52.7 Å². The van der Waals surface area contributed by atoms with E-state index < -0.39 is 99.1 Å². The van der Waals surface area contributed by atoms with Crippen LogP contribution in [0.15, 0.2) is 141 Å². The first-order valence-corrected chi connectivity index (χ1v) is 29.9. The van der Waals surface area contributed by atoms with E-state index in [-0.39, 0.29) is 114 Å². The summed E-state index contributed by atoms with van der Waals surface area (Å²) in [4.78, 5) is 180. The van der Waals surface area contributed by atoms with Gasteiger partial charge in [0.1, 0.15) is 58.8 Å². The Kier molecular flexibility index (Phi) is 24.9. The minimum Gasteiger partial charge on any atom is -0.444 e. The Labute approximate surface area is 528 Å². The zero-order chi connectivity index (χ0) is 66.3. The second-order valence-corrected chi connectivity index (χ2v) is 22.2. The highest BCUT2D eigenvalue weighted by Gasteiger charge is 2.29. The van der Waals surface area contributed by atoms with Gasteiger partial charge in [0, 0.05) is 85.1 Å². The fourth-order valence-corrected chi connectivity index (χ4v) is 9.43. The van der Waals surface area contributed by atoms with Crippen LogP contribution in [-0.4, -0.2) is 160 Å². The number of nitrogens with zero attached hydrogens (tertiary/aromatic N) is 6. The molecular formula is C64H76N12O16. The second kappa shape index (κ2) is 33.3. The lowest BCUT2D eigenvalue weighted by atomic mass is 10.2. The maximum absolute atomic E-state index is 14.6. The monoisotopic (exact) mass is 1270 g/mol. The average Bonchev–Trinajstić information content (AvgIpc) is 0.840.